The van der Waals surface area contributed by atoms with E-state index in [-0.39, 0.29) is 18.4 Å². The summed E-state index contributed by atoms with van der Waals surface area (Å²) < 4.78 is 11.0. The third-order valence-electron chi connectivity index (χ3n) is 6.87. The van der Waals surface area contributed by atoms with Crippen LogP contribution in [0.1, 0.15) is 31.2 Å². The van der Waals surface area contributed by atoms with Gasteiger partial charge in [0, 0.05) is 38.1 Å². The Morgan fingerprint density at radius 1 is 0.871 bits per heavy atom. The Bertz CT molecular complexity index is 707. The van der Waals surface area contributed by atoms with Gasteiger partial charge in [-0.1, -0.05) is 30.3 Å². The first-order valence-corrected chi connectivity index (χ1v) is 11.7. The molecule has 0 saturated carbocycles. The number of hydrogen-bond acceptors (Lipinski definition) is 5. The van der Waals surface area contributed by atoms with Crippen molar-refractivity contribution >= 4 is 11.8 Å². The highest BCUT2D eigenvalue weighted by atomic mass is 16.5. The number of ether oxygens (including phenoxy) is 2. The summed E-state index contributed by atoms with van der Waals surface area (Å²) in [4.78, 5) is 31.7. The lowest BCUT2D eigenvalue weighted by Gasteiger charge is -2.42. The first-order valence-electron chi connectivity index (χ1n) is 11.7. The van der Waals surface area contributed by atoms with Gasteiger partial charge in [0.25, 0.3) is 0 Å². The summed E-state index contributed by atoms with van der Waals surface area (Å²) in [6.45, 7) is 6.99. The smallest absolute Gasteiger partial charge is 0.248 e. The summed E-state index contributed by atoms with van der Waals surface area (Å²) in [7, 11) is 0. The van der Waals surface area contributed by atoms with E-state index in [1.54, 1.807) is 0 Å². The van der Waals surface area contributed by atoms with E-state index in [0.717, 1.165) is 70.5 Å². The fraction of sp³-hybridized carbons (Fsp3) is 0.667. The van der Waals surface area contributed by atoms with Crippen LogP contribution in [0.2, 0.25) is 0 Å². The molecule has 0 spiro atoms. The molecule has 0 aliphatic carbocycles. The molecule has 1 aromatic rings. The van der Waals surface area contributed by atoms with Gasteiger partial charge < -0.3 is 24.2 Å². The molecule has 3 fully saturated rings. The van der Waals surface area contributed by atoms with Crippen LogP contribution in [0, 0.1) is 5.92 Å². The SMILES string of the molecule is O=C(COCc1ccccc1)N1CCC(N2CCC(C(=O)N3CCOCC3)CC2)CC1. The number of rotatable bonds is 6. The third kappa shape index (κ3) is 6.05. The van der Waals surface area contributed by atoms with Gasteiger partial charge in [-0.25, -0.2) is 0 Å². The minimum absolute atomic E-state index is 0.0872. The monoisotopic (exact) mass is 429 g/mol. The molecule has 0 radical (unpaired) electrons. The van der Waals surface area contributed by atoms with Gasteiger partial charge in [-0.3, -0.25) is 9.59 Å². The molecule has 4 rings (SSSR count). The van der Waals surface area contributed by atoms with Crippen molar-refractivity contribution in [3.8, 4) is 0 Å². The van der Waals surface area contributed by atoms with Gasteiger partial charge in [0.2, 0.25) is 11.8 Å². The lowest BCUT2D eigenvalue weighted by Crippen LogP contribution is -2.51. The van der Waals surface area contributed by atoms with E-state index >= 15 is 0 Å². The number of morpholine rings is 1. The number of benzene rings is 1. The molecule has 0 bridgehead atoms. The molecule has 3 aliphatic heterocycles. The van der Waals surface area contributed by atoms with Crippen molar-refractivity contribution in [2.75, 3.05) is 59.1 Å². The molecule has 0 atom stereocenters. The van der Waals surface area contributed by atoms with Crippen LogP contribution in [0.15, 0.2) is 30.3 Å². The lowest BCUT2D eigenvalue weighted by molar-refractivity contribution is -0.142. The minimum Gasteiger partial charge on any atom is -0.378 e. The molecule has 3 heterocycles. The van der Waals surface area contributed by atoms with Crippen LogP contribution in [-0.4, -0.2) is 91.6 Å². The van der Waals surface area contributed by atoms with E-state index in [1.165, 1.54) is 0 Å². The zero-order chi connectivity index (χ0) is 21.5. The fourth-order valence-electron chi connectivity index (χ4n) is 4.96. The molecule has 3 aliphatic rings. The highest BCUT2D eigenvalue weighted by molar-refractivity contribution is 5.79. The van der Waals surface area contributed by atoms with Gasteiger partial charge in [-0.15, -0.1) is 0 Å². The Hall–Kier alpha value is -1.96. The lowest BCUT2D eigenvalue weighted by atomic mass is 9.92. The summed E-state index contributed by atoms with van der Waals surface area (Å²) in [5.41, 5.74) is 1.09. The van der Waals surface area contributed by atoms with Gasteiger partial charge in [-0.2, -0.15) is 0 Å². The predicted octanol–water partition coefficient (Wildman–Crippen LogP) is 1.77. The maximum absolute atomic E-state index is 12.7. The highest BCUT2D eigenvalue weighted by Crippen LogP contribution is 2.25. The maximum atomic E-state index is 12.7. The number of piperidine rings is 2. The van der Waals surface area contributed by atoms with E-state index in [4.69, 9.17) is 9.47 Å². The number of likely N-dealkylation sites (tertiary alicyclic amines) is 2. The topological polar surface area (TPSA) is 62.3 Å². The molecule has 170 valence electrons. The number of carbonyl (C=O) groups excluding carboxylic acids is 2. The fourth-order valence-corrected chi connectivity index (χ4v) is 4.96. The van der Waals surface area contributed by atoms with Gasteiger partial charge in [0.1, 0.15) is 6.61 Å². The first kappa shape index (κ1) is 22.2. The van der Waals surface area contributed by atoms with E-state index in [0.29, 0.717) is 31.8 Å². The summed E-state index contributed by atoms with van der Waals surface area (Å²) >= 11 is 0. The Balaban J connectivity index is 1.14. The second-order valence-corrected chi connectivity index (χ2v) is 8.84. The zero-order valence-corrected chi connectivity index (χ0v) is 18.4. The van der Waals surface area contributed by atoms with E-state index in [9.17, 15) is 9.59 Å². The summed E-state index contributed by atoms with van der Waals surface area (Å²) in [6, 6.07) is 10.5. The number of hydrogen-bond donors (Lipinski definition) is 0. The standard InChI is InChI=1S/C24H35N3O4/c28-23(19-31-18-20-4-2-1-3-5-20)26-12-8-22(9-13-26)25-10-6-21(7-11-25)24(29)27-14-16-30-17-15-27/h1-5,21-22H,6-19H2. The van der Waals surface area contributed by atoms with Crippen molar-refractivity contribution in [1.82, 2.24) is 14.7 Å². The Labute approximate surface area is 185 Å². The third-order valence-corrected chi connectivity index (χ3v) is 6.87. The van der Waals surface area contributed by atoms with Crippen molar-refractivity contribution in [2.24, 2.45) is 5.92 Å². The van der Waals surface area contributed by atoms with Crippen molar-refractivity contribution < 1.29 is 19.1 Å². The Morgan fingerprint density at radius 2 is 1.55 bits per heavy atom. The van der Waals surface area contributed by atoms with Crippen LogP contribution < -0.4 is 0 Å². The number of nitrogens with zero attached hydrogens (tertiary/aromatic N) is 3. The highest BCUT2D eigenvalue weighted by Gasteiger charge is 2.33. The van der Waals surface area contributed by atoms with Gasteiger partial charge in [0.15, 0.2) is 0 Å². The molecule has 0 aromatic heterocycles. The molecule has 7 heteroatoms. The molecule has 0 unspecified atom stereocenters. The van der Waals surface area contributed by atoms with Crippen molar-refractivity contribution in [3.63, 3.8) is 0 Å². The molecule has 0 N–H and O–H groups in total. The molecule has 3 saturated heterocycles. The molecule has 1 aromatic carbocycles. The van der Waals surface area contributed by atoms with Crippen LogP contribution in [0.5, 0.6) is 0 Å². The van der Waals surface area contributed by atoms with Crippen LogP contribution in [0.3, 0.4) is 0 Å². The Morgan fingerprint density at radius 3 is 2.23 bits per heavy atom. The second-order valence-electron chi connectivity index (χ2n) is 8.84. The largest absolute Gasteiger partial charge is 0.378 e. The number of carbonyl (C=O) groups is 2. The molecule has 7 nitrogen and oxygen atoms in total. The van der Waals surface area contributed by atoms with Crippen LogP contribution in [-0.2, 0) is 25.7 Å². The average Bonchev–Trinajstić information content (AvgIpc) is 2.85. The van der Waals surface area contributed by atoms with Gasteiger partial charge >= 0.3 is 0 Å². The molecular weight excluding hydrogens is 394 g/mol. The quantitative estimate of drug-likeness (QED) is 0.690. The molecule has 2 amide bonds. The van der Waals surface area contributed by atoms with E-state index < -0.39 is 0 Å². The van der Waals surface area contributed by atoms with Gasteiger partial charge in [0.05, 0.1) is 19.8 Å². The van der Waals surface area contributed by atoms with Gasteiger partial charge in [-0.05, 0) is 44.3 Å². The first-order chi connectivity index (χ1) is 15.2. The summed E-state index contributed by atoms with van der Waals surface area (Å²) in [5, 5.41) is 0. The molecule has 31 heavy (non-hydrogen) atoms. The predicted molar refractivity (Wildman–Crippen MR) is 117 cm³/mol. The van der Waals surface area contributed by atoms with Crippen LogP contribution in [0.25, 0.3) is 0 Å². The maximum Gasteiger partial charge on any atom is 0.248 e. The summed E-state index contributed by atoms with van der Waals surface area (Å²) in [6.07, 6.45) is 3.91. The molecular formula is C24H35N3O4. The van der Waals surface area contributed by atoms with Crippen molar-refractivity contribution in [2.45, 2.75) is 38.3 Å². The number of amides is 2. The van der Waals surface area contributed by atoms with Crippen LogP contribution in [0.4, 0.5) is 0 Å². The van der Waals surface area contributed by atoms with Crippen LogP contribution >= 0.6 is 0 Å². The second kappa shape index (κ2) is 11.1. The van der Waals surface area contributed by atoms with Crippen molar-refractivity contribution in [1.29, 1.82) is 0 Å². The minimum atomic E-state index is 0.0872. The average molecular weight is 430 g/mol. The van der Waals surface area contributed by atoms with E-state index in [1.807, 2.05) is 40.1 Å². The van der Waals surface area contributed by atoms with Crippen molar-refractivity contribution in [3.05, 3.63) is 35.9 Å². The Kier molecular flexibility index (Phi) is 7.94. The summed E-state index contributed by atoms with van der Waals surface area (Å²) in [5.74, 6) is 0.570. The normalized spacial score (nSPS) is 21.9. The zero-order valence-electron chi connectivity index (χ0n) is 18.4. The van der Waals surface area contributed by atoms with E-state index in [2.05, 4.69) is 4.90 Å².